The fourth-order valence-corrected chi connectivity index (χ4v) is 1.95. The first-order chi connectivity index (χ1) is 8.16. The second-order valence-corrected chi connectivity index (χ2v) is 4.47. The van der Waals surface area contributed by atoms with E-state index in [9.17, 15) is 4.79 Å². The molecule has 4 nitrogen and oxygen atoms in total. The maximum atomic E-state index is 10.8. The molecule has 0 saturated heterocycles. The first-order valence-electron chi connectivity index (χ1n) is 4.72. The Bertz CT molecular complexity index is 524. The van der Waals surface area contributed by atoms with Crippen LogP contribution < -0.4 is 4.74 Å². The van der Waals surface area contributed by atoms with Crippen LogP contribution in [0, 0.1) is 0 Å². The minimum atomic E-state index is -0.984. The van der Waals surface area contributed by atoms with Crippen molar-refractivity contribution in [1.29, 1.82) is 0 Å². The van der Waals surface area contributed by atoms with Gasteiger partial charge in [0.25, 0.3) is 0 Å². The monoisotopic (exact) mass is 269 g/mol. The second-order valence-electron chi connectivity index (χ2n) is 3.23. The van der Waals surface area contributed by atoms with Gasteiger partial charge in [-0.1, -0.05) is 11.6 Å². The van der Waals surface area contributed by atoms with Crippen molar-refractivity contribution in [1.82, 2.24) is 4.37 Å². The van der Waals surface area contributed by atoms with Crippen molar-refractivity contribution in [3.63, 3.8) is 0 Å². The third-order valence-corrected chi connectivity index (χ3v) is 3.13. The molecule has 0 radical (unpaired) electrons. The summed E-state index contributed by atoms with van der Waals surface area (Å²) in [6.45, 7) is 0.180. The van der Waals surface area contributed by atoms with Crippen molar-refractivity contribution in [3.05, 3.63) is 45.9 Å². The Morgan fingerprint density at radius 3 is 2.76 bits per heavy atom. The van der Waals surface area contributed by atoms with Crippen LogP contribution in [-0.2, 0) is 6.61 Å². The highest BCUT2D eigenvalue weighted by atomic mass is 35.5. The number of hydrogen-bond donors (Lipinski definition) is 1. The number of carbonyl (C=O) groups is 1. The number of halogens is 1. The Kier molecular flexibility index (Phi) is 3.61. The Balaban J connectivity index is 2.05. The molecular weight excluding hydrogens is 262 g/mol. The van der Waals surface area contributed by atoms with Crippen LogP contribution >= 0.6 is 23.1 Å². The third-order valence-electron chi connectivity index (χ3n) is 2.05. The van der Waals surface area contributed by atoms with Crippen molar-refractivity contribution in [3.8, 4) is 5.75 Å². The molecule has 0 unspecified atom stereocenters. The van der Waals surface area contributed by atoms with Gasteiger partial charge in [0.2, 0.25) is 0 Å². The first kappa shape index (κ1) is 11.9. The zero-order valence-corrected chi connectivity index (χ0v) is 10.2. The minimum absolute atomic E-state index is 0.180. The van der Waals surface area contributed by atoms with Crippen LogP contribution in [0.1, 0.15) is 15.2 Å². The van der Waals surface area contributed by atoms with E-state index in [0.29, 0.717) is 16.3 Å². The Labute approximate surface area is 107 Å². The van der Waals surface area contributed by atoms with Gasteiger partial charge in [0, 0.05) is 16.8 Å². The van der Waals surface area contributed by atoms with Crippen molar-refractivity contribution in [2.24, 2.45) is 0 Å². The quantitative estimate of drug-likeness (QED) is 0.927. The fraction of sp³-hybridized carbons (Fsp3) is 0.0909. The summed E-state index contributed by atoms with van der Waals surface area (Å²) in [4.78, 5) is 11.0. The van der Waals surface area contributed by atoms with Gasteiger partial charge in [0.15, 0.2) is 0 Å². The lowest BCUT2D eigenvalue weighted by Gasteiger charge is -2.05. The second kappa shape index (κ2) is 5.16. The molecule has 0 saturated carbocycles. The van der Waals surface area contributed by atoms with Crippen LogP contribution in [0.3, 0.4) is 0 Å². The highest BCUT2D eigenvalue weighted by molar-refractivity contribution is 7.08. The molecule has 0 aliphatic carbocycles. The smallest absolute Gasteiger partial charge is 0.347 e. The number of nitrogens with zero attached hydrogens (tertiary/aromatic N) is 1. The molecule has 0 bridgehead atoms. The molecule has 1 aromatic heterocycles. The molecule has 1 aromatic carbocycles. The van der Waals surface area contributed by atoms with E-state index in [1.807, 2.05) is 0 Å². The van der Waals surface area contributed by atoms with E-state index in [2.05, 4.69) is 4.37 Å². The summed E-state index contributed by atoms with van der Waals surface area (Å²) in [6, 6.07) is 6.87. The van der Waals surface area contributed by atoms with Crippen LogP contribution in [0.15, 0.2) is 30.5 Å². The van der Waals surface area contributed by atoms with Crippen LogP contribution in [0.4, 0.5) is 0 Å². The van der Waals surface area contributed by atoms with Crippen LogP contribution in [0.2, 0.25) is 5.02 Å². The molecule has 0 fully saturated rings. The summed E-state index contributed by atoms with van der Waals surface area (Å²) < 4.78 is 9.27. The van der Waals surface area contributed by atoms with E-state index in [0.717, 1.165) is 11.5 Å². The van der Waals surface area contributed by atoms with Gasteiger partial charge in [-0.15, -0.1) is 0 Å². The lowest BCUT2D eigenvalue weighted by atomic mass is 10.3. The maximum absolute atomic E-state index is 10.8. The standard InChI is InChI=1S/C11H8ClNO3S/c12-8-1-3-9(4-2-8)16-6-7-5-13-17-10(7)11(14)15/h1-5H,6H2,(H,14,15). The summed E-state index contributed by atoms with van der Waals surface area (Å²) >= 11 is 6.68. The van der Waals surface area contributed by atoms with E-state index >= 15 is 0 Å². The maximum Gasteiger partial charge on any atom is 0.347 e. The molecule has 0 amide bonds. The molecular formula is C11H8ClNO3S. The molecule has 1 N–H and O–H groups in total. The zero-order valence-electron chi connectivity index (χ0n) is 8.59. The van der Waals surface area contributed by atoms with E-state index < -0.39 is 5.97 Å². The molecule has 0 aliphatic heterocycles. The number of carboxylic acid groups (broad SMARTS) is 1. The number of carboxylic acids is 1. The van der Waals surface area contributed by atoms with Crippen molar-refractivity contribution in [2.75, 3.05) is 0 Å². The number of benzene rings is 1. The number of aromatic nitrogens is 1. The molecule has 0 spiro atoms. The van der Waals surface area contributed by atoms with Gasteiger partial charge in [-0.05, 0) is 35.8 Å². The van der Waals surface area contributed by atoms with E-state index in [1.54, 1.807) is 24.3 Å². The molecule has 0 aliphatic rings. The highest BCUT2D eigenvalue weighted by Gasteiger charge is 2.13. The van der Waals surface area contributed by atoms with Crippen molar-refractivity contribution < 1.29 is 14.6 Å². The fourth-order valence-electron chi connectivity index (χ4n) is 1.23. The zero-order chi connectivity index (χ0) is 12.3. The SMILES string of the molecule is O=C(O)c1sncc1COc1ccc(Cl)cc1. The summed E-state index contributed by atoms with van der Waals surface area (Å²) in [5.41, 5.74) is 0.567. The molecule has 88 valence electrons. The Morgan fingerprint density at radius 1 is 1.41 bits per heavy atom. The predicted molar refractivity (Wildman–Crippen MR) is 64.9 cm³/mol. The van der Waals surface area contributed by atoms with Crippen molar-refractivity contribution in [2.45, 2.75) is 6.61 Å². The number of hydrogen-bond acceptors (Lipinski definition) is 4. The largest absolute Gasteiger partial charge is 0.489 e. The molecule has 1 heterocycles. The van der Waals surface area contributed by atoms with Gasteiger partial charge >= 0.3 is 5.97 Å². The first-order valence-corrected chi connectivity index (χ1v) is 5.87. The third kappa shape index (κ3) is 2.95. The summed E-state index contributed by atoms with van der Waals surface area (Å²) in [5.74, 6) is -0.348. The molecule has 2 aromatic rings. The number of ether oxygens (including phenoxy) is 1. The molecule has 0 atom stereocenters. The van der Waals surface area contributed by atoms with E-state index in [1.165, 1.54) is 6.20 Å². The number of aromatic carboxylic acids is 1. The molecule has 2 rings (SSSR count). The summed E-state index contributed by atoms with van der Waals surface area (Å²) in [6.07, 6.45) is 1.50. The van der Waals surface area contributed by atoms with Crippen molar-refractivity contribution >= 4 is 29.1 Å². The Hall–Kier alpha value is -1.59. The predicted octanol–water partition coefficient (Wildman–Crippen LogP) is 3.07. The van der Waals surface area contributed by atoms with Gasteiger partial charge in [-0.3, -0.25) is 0 Å². The molecule has 6 heteroatoms. The highest BCUT2D eigenvalue weighted by Crippen LogP contribution is 2.19. The minimum Gasteiger partial charge on any atom is -0.489 e. The van der Waals surface area contributed by atoms with Crippen LogP contribution in [0.5, 0.6) is 5.75 Å². The Morgan fingerprint density at radius 2 is 2.12 bits per heavy atom. The van der Waals surface area contributed by atoms with Gasteiger partial charge in [0.05, 0.1) is 0 Å². The van der Waals surface area contributed by atoms with Crippen LogP contribution in [0.25, 0.3) is 0 Å². The lowest BCUT2D eigenvalue weighted by Crippen LogP contribution is -2.01. The topological polar surface area (TPSA) is 59.4 Å². The average Bonchev–Trinajstić information content (AvgIpc) is 2.76. The van der Waals surface area contributed by atoms with E-state index in [4.69, 9.17) is 21.4 Å². The van der Waals surface area contributed by atoms with Gasteiger partial charge in [-0.25, -0.2) is 4.79 Å². The lowest BCUT2D eigenvalue weighted by molar-refractivity contribution is 0.0699. The van der Waals surface area contributed by atoms with Gasteiger partial charge in [-0.2, -0.15) is 4.37 Å². The average molecular weight is 270 g/mol. The number of rotatable bonds is 4. The van der Waals surface area contributed by atoms with Gasteiger partial charge < -0.3 is 9.84 Å². The summed E-state index contributed by atoms with van der Waals surface area (Å²) in [5, 5.41) is 9.51. The van der Waals surface area contributed by atoms with Crippen LogP contribution in [-0.4, -0.2) is 15.4 Å². The molecule has 17 heavy (non-hydrogen) atoms. The van der Waals surface area contributed by atoms with E-state index in [-0.39, 0.29) is 11.5 Å². The van der Waals surface area contributed by atoms with Gasteiger partial charge in [0.1, 0.15) is 17.2 Å². The normalized spacial score (nSPS) is 10.2. The summed E-state index contributed by atoms with van der Waals surface area (Å²) in [7, 11) is 0.